The van der Waals surface area contributed by atoms with Gasteiger partial charge in [0.15, 0.2) is 6.29 Å². The van der Waals surface area contributed by atoms with E-state index in [0.717, 1.165) is 0 Å². The molecule has 0 aliphatic carbocycles. The van der Waals surface area contributed by atoms with Crippen molar-refractivity contribution in [3.05, 3.63) is 0 Å². The van der Waals surface area contributed by atoms with Crippen LogP contribution in [0.3, 0.4) is 0 Å². The highest BCUT2D eigenvalue weighted by molar-refractivity contribution is 5.78. The minimum atomic E-state index is -0.578. The Morgan fingerprint density at radius 1 is 1.35 bits per heavy atom. The smallest absolute Gasteiger partial charge is 0.234 e. The van der Waals surface area contributed by atoms with E-state index in [9.17, 15) is 4.79 Å². The van der Waals surface area contributed by atoms with Crippen LogP contribution >= 0.6 is 0 Å². The van der Waals surface area contributed by atoms with Gasteiger partial charge in [-0.15, -0.1) is 0 Å². The van der Waals surface area contributed by atoms with Gasteiger partial charge >= 0.3 is 0 Å². The van der Waals surface area contributed by atoms with Gasteiger partial charge in [-0.05, 0) is 20.8 Å². The van der Waals surface area contributed by atoms with Gasteiger partial charge in [-0.3, -0.25) is 4.79 Å². The Morgan fingerprint density at radius 3 is 2.29 bits per heavy atom. The van der Waals surface area contributed by atoms with E-state index in [1.54, 1.807) is 7.11 Å². The second-order valence-electron chi connectivity index (χ2n) is 4.67. The predicted molar refractivity (Wildman–Crippen MR) is 64.5 cm³/mol. The van der Waals surface area contributed by atoms with E-state index in [0.29, 0.717) is 6.61 Å². The first kappa shape index (κ1) is 16.3. The molecule has 0 saturated carbocycles. The van der Waals surface area contributed by atoms with Crippen molar-refractivity contribution >= 4 is 5.91 Å². The van der Waals surface area contributed by atoms with Crippen molar-refractivity contribution in [2.45, 2.75) is 38.7 Å². The quantitative estimate of drug-likeness (QED) is 0.613. The fraction of sp³-hybridized carbons (Fsp3) is 0.909. The molecule has 0 saturated heterocycles. The Morgan fingerprint density at radius 2 is 1.94 bits per heavy atom. The third-order valence-corrected chi connectivity index (χ3v) is 1.91. The van der Waals surface area contributed by atoms with Crippen LogP contribution in [-0.4, -0.2) is 51.2 Å². The van der Waals surface area contributed by atoms with Crippen molar-refractivity contribution in [2.75, 3.05) is 27.4 Å². The average molecular weight is 248 g/mol. The molecule has 0 bridgehead atoms. The second kappa shape index (κ2) is 7.60. The molecule has 6 heteroatoms. The lowest BCUT2D eigenvalue weighted by Crippen LogP contribution is -2.51. The molecule has 3 N–H and O–H groups in total. The Bertz CT molecular complexity index is 228. The second-order valence-corrected chi connectivity index (χ2v) is 4.67. The maximum absolute atomic E-state index is 11.3. The van der Waals surface area contributed by atoms with Crippen molar-refractivity contribution in [3.8, 4) is 0 Å². The Labute approximate surface area is 103 Å². The van der Waals surface area contributed by atoms with Gasteiger partial charge in [-0.25, -0.2) is 0 Å². The zero-order chi connectivity index (χ0) is 13.5. The molecule has 0 rings (SSSR count). The van der Waals surface area contributed by atoms with Crippen LogP contribution in [0.5, 0.6) is 0 Å². The molecule has 17 heavy (non-hydrogen) atoms. The zero-order valence-corrected chi connectivity index (χ0v) is 11.3. The Balaban J connectivity index is 4.56. The number of nitrogens with one attached hydrogen (secondary N) is 1. The number of amides is 1. The molecule has 0 aromatic rings. The number of methoxy groups -OCH3 is 2. The van der Waals surface area contributed by atoms with Crippen LogP contribution in [0.25, 0.3) is 0 Å². The monoisotopic (exact) mass is 248 g/mol. The van der Waals surface area contributed by atoms with Crippen LogP contribution in [0.1, 0.15) is 20.8 Å². The molecule has 0 fully saturated rings. The van der Waals surface area contributed by atoms with Crippen LogP contribution in [-0.2, 0) is 19.0 Å². The predicted octanol–water partition coefficient (Wildman–Crippen LogP) is -0.136. The van der Waals surface area contributed by atoms with E-state index < -0.39 is 6.29 Å². The maximum atomic E-state index is 11.3. The third-order valence-electron chi connectivity index (χ3n) is 1.91. The van der Waals surface area contributed by atoms with Crippen molar-refractivity contribution in [1.29, 1.82) is 0 Å². The van der Waals surface area contributed by atoms with Gasteiger partial charge < -0.3 is 25.3 Å². The molecular formula is C11H24N2O4. The lowest BCUT2D eigenvalue weighted by atomic mass is 10.2. The molecule has 0 aromatic heterocycles. The normalized spacial score (nSPS) is 15.4. The van der Waals surface area contributed by atoms with Crippen LogP contribution < -0.4 is 11.1 Å². The minimum Gasteiger partial charge on any atom is -0.382 e. The lowest BCUT2D eigenvalue weighted by Gasteiger charge is -2.32. The van der Waals surface area contributed by atoms with Crippen LogP contribution in [0, 0.1) is 0 Å². The summed E-state index contributed by atoms with van der Waals surface area (Å²) in [6.07, 6.45) is -0.578. The number of carbonyl (C=O) groups is 1. The van der Waals surface area contributed by atoms with Crippen molar-refractivity contribution in [2.24, 2.45) is 5.73 Å². The number of nitrogens with two attached hydrogens (primary N) is 1. The lowest BCUT2D eigenvalue weighted by molar-refractivity contribution is -0.201. The van der Waals surface area contributed by atoms with E-state index >= 15 is 0 Å². The molecular weight excluding hydrogens is 224 g/mol. The Hall–Kier alpha value is -0.690. The summed E-state index contributed by atoms with van der Waals surface area (Å²) < 4.78 is 15.9. The largest absolute Gasteiger partial charge is 0.382 e. The highest BCUT2D eigenvalue weighted by Gasteiger charge is 2.28. The van der Waals surface area contributed by atoms with Crippen LogP contribution in [0.15, 0.2) is 0 Å². The summed E-state index contributed by atoms with van der Waals surface area (Å²) in [6, 6.07) is -0.389. The topological polar surface area (TPSA) is 82.8 Å². The summed E-state index contributed by atoms with van der Waals surface area (Å²) in [5.74, 6) is -0.272. The summed E-state index contributed by atoms with van der Waals surface area (Å²) in [7, 11) is 3.07. The highest BCUT2D eigenvalue weighted by Crippen LogP contribution is 2.14. The van der Waals surface area contributed by atoms with E-state index in [1.807, 2.05) is 20.8 Å². The fourth-order valence-corrected chi connectivity index (χ4v) is 1.28. The van der Waals surface area contributed by atoms with Gasteiger partial charge in [0.05, 0.1) is 18.8 Å². The molecule has 1 amide bonds. The van der Waals surface area contributed by atoms with Gasteiger partial charge in [-0.2, -0.15) is 0 Å². The number of rotatable bonds is 7. The van der Waals surface area contributed by atoms with E-state index in [2.05, 4.69) is 5.32 Å². The van der Waals surface area contributed by atoms with E-state index in [1.165, 1.54) is 7.11 Å². The summed E-state index contributed by atoms with van der Waals surface area (Å²) in [6.45, 7) is 5.95. The summed E-state index contributed by atoms with van der Waals surface area (Å²) in [5.41, 5.74) is 4.88. The van der Waals surface area contributed by atoms with Gasteiger partial charge in [0.2, 0.25) is 5.91 Å². The SMILES string of the molecule is COCC(NC(=O)CN)C(OC)OC(C)(C)C. The summed E-state index contributed by atoms with van der Waals surface area (Å²) in [5, 5.41) is 2.70. The molecule has 2 unspecified atom stereocenters. The number of hydrogen-bond donors (Lipinski definition) is 2. The highest BCUT2D eigenvalue weighted by atomic mass is 16.7. The maximum Gasteiger partial charge on any atom is 0.234 e. The standard InChI is InChI=1S/C11H24N2O4/c1-11(2,3)17-10(16-5)8(7-15-4)13-9(14)6-12/h8,10H,6-7,12H2,1-5H3,(H,13,14). The van der Waals surface area contributed by atoms with E-state index in [-0.39, 0.29) is 24.1 Å². The summed E-state index contributed by atoms with van der Waals surface area (Å²) >= 11 is 0. The molecule has 6 nitrogen and oxygen atoms in total. The van der Waals surface area contributed by atoms with E-state index in [4.69, 9.17) is 19.9 Å². The van der Waals surface area contributed by atoms with Crippen molar-refractivity contribution in [1.82, 2.24) is 5.32 Å². The number of carbonyl (C=O) groups excluding carboxylic acids is 1. The minimum absolute atomic E-state index is 0.0772. The molecule has 0 radical (unpaired) electrons. The van der Waals surface area contributed by atoms with Crippen LogP contribution in [0.2, 0.25) is 0 Å². The van der Waals surface area contributed by atoms with Gasteiger partial charge in [-0.1, -0.05) is 0 Å². The fourth-order valence-electron chi connectivity index (χ4n) is 1.28. The van der Waals surface area contributed by atoms with Gasteiger partial charge in [0, 0.05) is 14.2 Å². The Kier molecular flexibility index (Phi) is 7.29. The number of ether oxygens (including phenoxy) is 3. The molecule has 0 aromatic carbocycles. The van der Waals surface area contributed by atoms with Crippen LogP contribution in [0.4, 0.5) is 0 Å². The molecule has 0 heterocycles. The molecule has 0 aliphatic heterocycles. The molecule has 0 aliphatic rings. The number of hydrogen-bond acceptors (Lipinski definition) is 5. The first-order valence-electron chi connectivity index (χ1n) is 5.53. The zero-order valence-electron chi connectivity index (χ0n) is 11.3. The van der Waals surface area contributed by atoms with Crippen molar-refractivity contribution < 1.29 is 19.0 Å². The first-order valence-corrected chi connectivity index (χ1v) is 5.53. The molecule has 0 spiro atoms. The summed E-state index contributed by atoms with van der Waals surface area (Å²) in [4.78, 5) is 11.3. The molecule has 102 valence electrons. The van der Waals surface area contributed by atoms with Gasteiger partial charge in [0.25, 0.3) is 0 Å². The van der Waals surface area contributed by atoms with Gasteiger partial charge in [0.1, 0.15) is 6.04 Å². The third kappa shape index (κ3) is 7.27. The van der Waals surface area contributed by atoms with Crippen molar-refractivity contribution in [3.63, 3.8) is 0 Å². The average Bonchev–Trinajstić information content (AvgIpc) is 2.23. The first-order chi connectivity index (χ1) is 7.84. The molecule has 2 atom stereocenters.